The number of hydrogen-bond donors (Lipinski definition) is 5. The lowest BCUT2D eigenvalue weighted by atomic mass is 10.0. The number of nitrogens with two attached hydrogens (primary N) is 1. The Kier molecular flexibility index (Phi) is 11.0. The number of nitrogens with zero attached hydrogens (tertiary/aromatic N) is 6. The normalized spacial score (nSPS) is 15.5. The number of anilines is 2. The topological polar surface area (TPSA) is 174 Å². The number of fused-ring (bicyclic) bond motifs is 2. The maximum Gasteiger partial charge on any atom is 0.251 e. The SMILES string of the molecule is Cc1ccc2c(N3CCC(N)CC3)nc(-c3ccccc3O)nc2c1.Cc1ccc2c(N3CCC(NC(=O)C(C)(C)O)CC3)nc(-c3ccccc3O)nc2c1. The molecule has 0 unspecified atom stereocenters. The van der Waals surface area contributed by atoms with Gasteiger partial charge in [0.15, 0.2) is 11.6 Å². The Morgan fingerprint density at radius 1 is 0.679 bits per heavy atom. The van der Waals surface area contributed by atoms with Gasteiger partial charge in [-0.05, 0) is 113 Å². The van der Waals surface area contributed by atoms with Crippen LogP contribution in [0.25, 0.3) is 44.6 Å². The number of aromatic hydroxyl groups is 2. The minimum absolute atomic E-state index is 0.0168. The molecule has 290 valence electrons. The second kappa shape index (κ2) is 16.1. The fraction of sp³-hybridized carbons (Fsp3) is 0.341. The van der Waals surface area contributed by atoms with E-state index in [0.29, 0.717) is 22.8 Å². The third-order valence-corrected chi connectivity index (χ3v) is 10.5. The average Bonchev–Trinajstić information content (AvgIpc) is 3.17. The summed E-state index contributed by atoms with van der Waals surface area (Å²) in [6.07, 6.45) is 3.43. The molecule has 0 atom stereocenters. The molecule has 8 rings (SSSR count). The van der Waals surface area contributed by atoms with Gasteiger partial charge in [-0.2, -0.15) is 0 Å². The Hall–Kier alpha value is -5.85. The second-order valence-electron chi connectivity index (χ2n) is 15.4. The van der Waals surface area contributed by atoms with Crippen molar-refractivity contribution < 1.29 is 20.1 Å². The zero-order valence-electron chi connectivity index (χ0n) is 32.4. The fourth-order valence-corrected chi connectivity index (χ4v) is 7.20. The number of hydrogen-bond acceptors (Lipinski definition) is 11. The molecule has 4 aromatic carbocycles. The molecule has 2 aliphatic rings. The molecule has 2 aromatic heterocycles. The number of rotatable bonds is 6. The van der Waals surface area contributed by atoms with Gasteiger partial charge in [-0.3, -0.25) is 4.79 Å². The van der Waals surface area contributed by atoms with Crippen molar-refractivity contribution in [3.8, 4) is 34.3 Å². The van der Waals surface area contributed by atoms with Crippen LogP contribution < -0.4 is 20.9 Å². The highest BCUT2D eigenvalue weighted by Gasteiger charge is 2.29. The van der Waals surface area contributed by atoms with Gasteiger partial charge in [-0.25, -0.2) is 19.9 Å². The highest BCUT2D eigenvalue weighted by Crippen LogP contribution is 2.35. The minimum Gasteiger partial charge on any atom is -0.507 e. The van der Waals surface area contributed by atoms with Crippen molar-refractivity contribution in [2.75, 3.05) is 36.0 Å². The first kappa shape index (κ1) is 38.4. The lowest BCUT2D eigenvalue weighted by Crippen LogP contribution is -2.50. The van der Waals surface area contributed by atoms with Crippen molar-refractivity contribution >= 4 is 39.3 Å². The summed E-state index contributed by atoms with van der Waals surface area (Å²) in [4.78, 5) is 35.7. The third-order valence-electron chi connectivity index (χ3n) is 10.5. The molecule has 2 saturated heterocycles. The van der Waals surface area contributed by atoms with Gasteiger partial charge in [-0.15, -0.1) is 0 Å². The summed E-state index contributed by atoms with van der Waals surface area (Å²) in [5, 5.41) is 35.4. The van der Waals surface area contributed by atoms with E-state index in [1.54, 1.807) is 24.3 Å². The van der Waals surface area contributed by atoms with E-state index >= 15 is 0 Å². The van der Waals surface area contributed by atoms with E-state index in [2.05, 4.69) is 40.2 Å². The Bertz CT molecular complexity index is 2360. The van der Waals surface area contributed by atoms with Gasteiger partial charge >= 0.3 is 0 Å². The van der Waals surface area contributed by atoms with E-state index in [4.69, 9.17) is 25.7 Å². The summed E-state index contributed by atoms with van der Waals surface area (Å²) in [6, 6.07) is 26.9. The van der Waals surface area contributed by atoms with Crippen LogP contribution in [-0.4, -0.2) is 85.0 Å². The monoisotopic (exact) mass is 754 g/mol. The van der Waals surface area contributed by atoms with E-state index in [-0.39, 0.29) is 29.5 Å². The van der Waals surface area contributed by atoms with Crippen molar-refractivity contribution in [2.24, 2.45) is 5.73 Å². The van der Waals surface area contributed by atoms with E-state index in [1.807, 2.05) is 49.4 Å². The average molecular weight is 755 g/mol. The molecule has 6 aromatic rings. The van der Waals surface area contributed by atoms with E-state index in [0.717, 1.165) is 96.4 Å². The summed E-state index contributed by atoms with van der Waals surface area (Å²) in [5.41, 5.74) is 9.92. The zero-order chi connectivity index (χ0) is 39.6. The molecule has 12 heteroatoms. The summed E-state index contributed by atoms with van der Waals surface area (Å²) >= 11 is 0. The van der Waals surface area contributed by atoms with Crippen molar-refractivity contribution in [1.29, 1.82) is 0 Å². The first-order valence-electron chi connectivity index (χ1n) is 19.3. The van der Waals surface area contributed by atoms with Gasteiger partial charge in [-0.1, -0.05) is 36.4 Å². The molecule has 0 bridgehead atoms. The Labute approximate surface area is 327 Å². The quantitative estimate of drug-likeness (QED) is 0.127. The number of benzene rings is 4. The summed E-state index contributed by atoms with van der Waals surface area (Å²) in [6.45, 7) is 10.3. The lowest BCUT2D eigenvalue weighted by Gasteiger charge is -2.34. The first-order chi connectivity index (χ1) is 26.8. The number of amides is 1. The van der Waals surface area contributed by atoms with Crippen molar-refractivity contribution in [1.82, 2.24) is 25.3 Å². The van der Waals surface area contributed by atoms with Crippen molar-refractivity contribution in [3.05, 3.63) is 96.1 Å². The predicted molar refractivity (Wildman–Crippen MR) is 222 cm³/mol. The number of phenolic OH excluding ortho intramolecular Hbond substituents is 2. The van der Waals surface area contributed by atoms with Crippen LogP contribution in [0, 0.1) is 13.8 Å². The molecule has 6 N–H and O–H groups in total. The molecule has 0 spiro atoms. The highest BCUT2D eigenvalue weighted by atomic mass is 16.3. The molecule has 2 aliphatic heterocycles. The first-order valence-corrected chi connectivity index (χ1v) is 19.3. The van der Waals surface area contributed by atoms with E-state index < -0.39 is 5.60 Å². The van der Waals surface area contributed by atoms with Gasteiger partial charge < -0.3 is 36.2 Å². The van der Waals surface area contributed by atoms with Crippen LogP contribution in [0.5, 0.6) is 11.5 Å². The van der Waals surface area contributed by atoms with Crippen LogP contribution in [-0.2, 0) is 4.79 Å². The van der Waals surface area contributed by atoms with Crippen LogP contribution in [0.15, 0.2) is 84.9 Å². The number of carbonyl (C=O) groups is 1. The van der Waals surface area contributed by atoms with E-state index in [9.17, 15) is 20.1 Å². The number of para-hydroxylation sites is 2. The smallest absolute Gasteiger partial charge is 0.251 e. The lowest BCUT2D eigenvalue weighted by molar-refractivity contribution is -0.137. The second-order valence-corrected chi connectivity index (χ2v) is 15.4. The zero-order valence-corrected chi connectivity index (χ0v) is 32.4. The van der Waals surface area contributed by atoms with E-state index in [1.165, 1.54) is 13.8 Å². The fourth-order valence-electron chi connectivity index (χ4n) is 7.20. The predicted octanol–water partition coefficient (Wildman–Crippen LogP) is 6.41. The van der Waals surface area contributed by atoms with Crippen molar-refractivity contribution in [3.63, 3.8) is 0 Å². The van der Waals surface area contributed by atoms with Crippen LogP contribution in [0.3, 0.4) is 0 Å². The maximum atomic E-state index is 12.1. The molecule has 1 amide bonds. The molecule has 2 fully saturated rings. The van der Waals surface area contributed by atoms with Crippen molar-refractivity contribution in [2.45, 2.75) is 71.1 Å². The largest absolute Gasteiger partial charge is 0.507 e. The number of aryl methyl sites for hydroxylation is 2. The molecule has 12 nitrogen and oxygen atoms in total. The Morgan fingerprint density at radius 3 is 1.54 bits per heavy atom. The Morgan fingerprint density at radius 2 is 1.11 bits per heavy atom. The number of nitrogens with one attached hydrogen (secondary N) is 1. The Balaban J connectivity index is 0.000000175. The van der Waals surface area contributed by atoms with Crippen LogP contribution in [0.1, 0.15) is 50.7 Å². The standard InChI is InChI=1S/C24H28N4O3.C20H22N4O/c1-15-8-9-17-19(14-15)26-21(18-6-4-5-7-20(18)29)27-22(17)28-12-10-16(11-13-28)25-23(30)24(2,3)31;1-13-6-7-15-17(12-13)22-19(16-4-2-3-5-18(16)25)23-20(15)24-10-8-14(21)9-11-24/h4-9,14,16,29,31H,10-13H2,1-3H3,(H,25,30);2-7,12,14,25H,8-11,21H2,1H3. The van der Waals surface area contributed by atoms with Gasteiger partial charge in [0.1, 0.15) is 28.7 Å². The molecule has 0 radical (unpaired) electrons. The highest BCUT2D eigenvalue weighted by molar-refractivity contribution is 5.93. The minimum atomic E-state index is -1.38. The molecular weight excluding hydrogens is 705 g/mol. The molecule has 0 aliphatic carbocycles. The van der Waals surface area contributed by atoms with Gasteiger partial charge in [0.25, 0.3) is 5.91 Å². The number of aliphatic hydroxyl groups is 1. The van der Waals surface area contributed by atoms with Gasteiger partial charge in [0, 0.05) is 49.0 Å². The number of carbonyl (C=O) groups excluding carboxylic acids is 1. The summed E-state index contributed by atoms with van der Waals surface area (Å²) in [7, 11) is 0. The van der Waals surface area contributed by atoms with Crippen LogP contribution >= 0.6 is 0 Å². The molecule has 56 heavy (non-hydrogen) atoms. The third kappa shape index (κ3) is 8.51. The van der Waals surface area contributed by atoms with Gasteiger partial charge in [0.2, 0.25) is 0 Å². The summed E-state index contributed by atoms with van der Waals surface area (Å²) < 4.78 is 0. The number of aromatic nitrogens is 4. The number of piperidine rings is 2. The van der Waals surface area contributed by atoms with Gasteiger partial charge in [0.05, 0.1) is 22.2 Å². The molecular formula is C44H50N8O4. The van der Waals surface area contributed by atoms with Crippen LogP contribution in [0.4, 0.5) is 11.6 Å². The maximum absolute atomic E-state index is 12.1. The molecule has 4 heterocycles. The van der Waals surface area contributed by atoms with Crippen LogP contribution in [0.2, 0.25) is 0 Å². The number of phenols is 2. The summed E-state index contributed by atoms with van der Waals surface area (Å²) in [5.74, 6) is 2.79. The molecule has 0 saturated carbocycles.